The van der Waals surface area contributed by atoms with E-state index in [4.69, 9.17) is 4.74 Å². The van der Waals surface area contributed by atoms with Crippen molar-refractivity contribution in [3.05, 3.63) is 29.3 Å². The van der Waals surface area contributed by atoms with Gasteiger partial charge in [0.2, 0.25) is 0 Å². The zero-order chi connectivity index (χ0) is 14.6. The molecule has 0 radical (unpaired) electrons. The van der Waals surface area contributed by atoms with Gasteiger partial charge in [-0.15, -0.1) is 0 Å². The van der Waals surface area contributed by atoms with Crippen molar-refractivity contribution in [1.29, 1.82) is 0 Å². The average molecular weight is 267 g/mol. The Kier molecular flexibility index (Phi) is 4.78. The summed E-state index contributed by atoms with van der Waals surface area (Å²) >= 11 is 0. The molecule has 5 heteroatoms. The molecule has 0 aliphatic heterocycles. The van der Waals surface area contributed by atoms with Gasteiger partial charge < -0.3 is 20.3 Å². The molecule has 1 aromatic rings. The van der Waals surface area contributed by atoms with Crippen molar-refractivity contribution in [2.24, 2.45) is 0 Å². The molecule has 106 valence electrons. The maximum atomic E-state index is 11.4. The summed E-state index contributed by atoms with van der Waals surface area (Å²) in [6.45, 7) is 7.15. The second kappa shape index (κ2) is 5.93. The second-order valence-corrected chi connectivity index (χ2v) is 5.44. The van der Waals surface area contributed by atoms with Crippen LogP contribution in [0.25, 0.3) is 0 Å². The van der Waals surface area contributed by atoms with E-state index in [2.05, 4.69) is 5.32 Å². The first-order valence-corrected chi connectivity index (χ1v) is 6.13. The van der Waals surface area contributed by atoms with E-state index in [0.29, 0.717) is 5.56 Å². The van der Waals surface area contributed by atoms with Crippen LogP contribution in [0.15, 0.2) is 18.2 Å². The van der Waals surface area contributed by atoms with Crippen molar-refractivity contribution in [3.63, 3.8) is 0 Å². The van der Waals surface area contributed by atoms with Crippen LogP contribution in [0.2, 0.25) is 0 Å². The average Bonchev–Trinajstić information content (AvgIpc) is 2.23. The highest BCUT2D eigenvalue weighted by Crippen LogP contribution is 2.21. The predicted octanol–water partition coefficient (Wildman–Crippen LogP) is 2.26. The highest BCUT2D eigenvalue weighted by atomic mass is 16.6. The highest BCUT2D eigenvalue weighted by molar-refractivity contribution is 5.67. The summed E-state index contributed by atoms with van der Waals surface area (Å²) in [5, 5.41) is 21.8. The summed E-state index contributed by atoms with van der Waals surface area (Å²) in [6.07, 6.45) is -1.41. The molecule has 0 spiro atoms. The number of hydrogen-bond donors (Lipinski definition) is 3. The van der Waals surface area contributed by atoms with Gasteiger partial charge in [-0.1, -0.05) is 6.07 Å². The van der Waals surface area contributed by atoms with Gasteiger partial charge in [-0.25, -0.2) is 4.79 Å². The van der Waals surface area contributed by atoms with E-state index in [1.807, 2.05) is 0 Å². The van der Waals surface area contributed by atoms with E-state index in [-0.39, 0.29) is 12.3 Å². The van der Waals surface area contributed by atoms with Gasteiger partial charge in [0.25, 0.3) is 0 Å². The van der Waals surface area contributed by atoms with Gasteiger partial charge >= 0.3 is 6.09 Å². The van der Waals surface area contributed by atoms with Crippen molar-refractivity contribution >= 4 is 6.09 Å². The molecule has 0 aromatic heterocycles. The molecule has 0 saturated heterocycles. The highest BCUT2D eigenvalue weighted by Gasteiger charge is 2.17. The van der Waals surface area contributed by atoms with Crippen LogP contribution >= 0.6 is 0 Å². The van der Waals surface area contributed by atoms with E-state index in [0.717, 1.165) is 5.56 Å². The molecule has 0 aliphatic rings. The van der Waals surface area contributed by atoms with Crippen LogP contribution < -0.4 is 5.32 Å². The summed E-state index contributed by atoms with van der Waals surface area (Å²) < 4.78 is 5.07. The quantitative estimate of drug-likeness (QED) is 0.785. The number of ether oxygens (including phenoxy) is 1. The normalized spacial score (nSPS) is 12.9. The van der Waals surface area contributed by atoms with Crippen LogP contribution in [-0.2, 0) is 4.74 Å². The Morgan fingerprint density at radius 1 is 1.42 bits per heavy atom. The first-order chi connectivity index (χ1) is 8.69. The molecule has 1 unspecified atom stereocenters. The van der Waals surface area contributed by atoms with E-state index in [1.165, 1.54) is 6.07 Å². The number of nitrogens with one attached hydrogen (secondary N) is 1. The monoisotopic (exact) mass is 267 g/mol. The Morgan fingerprint density at radius 2 is 2.05 bits per heavy atom. The molecular formula is C14H21NO4. The molecule has 1 atom stereocenters. The van der Waals surface area contributed by atoms with Crippen molar-refractivity contribution in [3.8, 4) is 5.75 Å². The van der Waals surface area contributed by atoms with Crippen LogP contribution in [0, 0.1) is 6.92 Å². The number of phenolic OH excluding ortho intramolecular Hbond substituents is 1. The lowest BCUT2D eigenvalue weighted by Crippen LogP contribution is -2.34. The molecular weight excluding hydrogens is 246 g/mol. The van der Waals surface area contributed by atoms with E-state index < -0.39 is 17.8 Å². The third kappa shape index (κ3) is 5.18. The molecule has 1 amide bonds. The molecule has 0 saturated carbocycles. The molecule has 0 heterocycles. The minimum absolute atomic E-state index is 0.0561. The molecule has 0 fully saturated rings. The largest absolute Gasteiger partial charge is 0.508 e. The van der Waals surface area contributed by atoms with Gasteiger partial charge in [0.1, 0.15) is 11.4 Å². The number of benzene rings is 1. The fourth-order valence-corrected chi connectivity index (χ4v) is 1.64. The third-order valence-electron chi connectivity index (χ3n) is 2.45. The molecule has 3 N–H and O–H groups in total. The lowest BCUT2D eigenvalue weighted by Gasteiger charge is -2.21. The maximum absolute atomic E-state index is 11.4. The summed E-state index contributed by atoms with van der Waals surface area (Å²) in [5.74, 6) is 0.147. The summed E-state index contributed by atoms with van der Waals surface area (Å²) in [7, 11) is 0. The number of amides is 1. The minimum Gasteiger partial charge on any atom is -0.508 e. The van der Waals surface area contributed by atoms with Crippen molar-refractivity contribution in [2.45, 2.75) is 39.4 Å². The third-order valence-corrected chi connectivity index (χ3v) is 2.45. The fraction of sp³-hybridized carbons (Fsp3) is 0.500. The molecule has 0 aliphatic carbocycles. The standard InChI is InChI=1S/C14H21NO4/c1-9-7-10(16)5-6-11(9)12(17)8-15-13(18)19-14(2,3)4/h5-7,12,16-17H,8H2,1-4H3,(H,15,18). The Labute approximate surface area is 113 Å². The Bertz CT molecular complexity index is 451. The molecule has 19 heavy (non-hydrogen) atoms. The first-order valence-electron chi connectivity index (χ1n) is 6.13. The van der Waals surface area contributed by atoms with Gasteiger partial charge in [-0.05, 0) is 51.0 Å². The van der Waals surface area contributed by atoms with E-state index in [9.17, 15) is 15.0 Å². The number of carbonyl (C=O) groups is 1. The summed E-state index contributed by atoms with van der Waals surface area (Å²) in [5.41, 5.74) is 0.857. The summed E-state index contributed by atoms with van der Waals surface area (Å²) in [4.78, 5) is 11.4. The fourth-order valence-electron chi connectivity index (χ4n) is 1.64. The Morgan fingerprint density at radius 3 is 2.58 bits per heavy atom. The van der Waals surface area contributed by atoms with Crippen molar-refractivity contribution in [1.82, 2.24) is 5.32 Å². The number of aromatic hydroxyl groups is 1. The maximum Gasteiger partial charge on any atom is 0.407 e. The van der Waals surface area contributed by atoms with Crippen LogP contribution in [0.3, 0.4) is 0 Å². The molecule has 1 aromatic carbocycles. The van der Waals surface area contributed by atoms with Crippen LogP contribution in [-0.4, -0.2) is 28.5 Å². The molecule has 0 bridgehead atoms. The van der Waals surface area contributed by atoms with Crippen LogP contribution in [0.1, 0.15) is 38.0 Å². The number of alkyl carbamates (subject to hydrolysis) is 1. The first kappa shape index (κ1) is 15.3. The zero-order valence-corrected chi connectivity index (χ0v) is 11.7. The molecule has 5 nitrogen and oxygen atoms in total. The number of phenols is 1. The lowest BCUT2D eigenvalue weighted by atomic mass is 10.0. The van der Waals surface area contributed by atoms with Crippen LogP contribution in [0.4, 0.5) is 4.79 Å². The predicted molar refractivity (Wildman–Crippen MR) is 72.0 cm³/mol. The number of hydrogen-bond acceptors (Lipinski definition) is 4. The SMILES string of the molecule is Cc1cc(O)ccc1C(O)CNC(=O)OC(C)(C)C. The van der Waals surface area contributed by atoms with Crippen molar-refractivity contribution < 1.29 is 19.7 Å². The van der Waals surface area contributed by atoms with Gasteiger partial charge in [0.05, 0.1) is 12.6 Å². The van der Waals surface area contributed by atoms with E-state index in [1.54, 1.807) is 39.8 Å². The number of rotatable bonds is 3. The molecule has 1 rings (SSSR count). The second-order valence-electron chi connectivity index (χ2n) is 5.44. The lowest BCUT2D eigenvalue weighted by molar-refractivity contribution is 0.0491. The number of carbonyl (C=O) groups excluding carboxylic acids is 1. The Hall–Kier alpha value is -1.75. The number of aryl methyl sites for hydroxylation is 1. The Balaban J connectivity index is 2.56. The van der Waals surface area contributed by atoms with E-state index >= 15 is 0 Å². The topological polar surface area (TPSA) is 78.8 Å². The minimum atomic E-state index is -0.840. The van der Waals surface area contributed by atoms with Gasteiger partial charge in [-0.2, -0.15) is 0 Å². The smallest absolute Gasteiger partial charge is 0.407 e. The van der Waals surface area contributed by atoms with Gasteiger partial charge in [-0.3, -0.25) is 0 Å². The number of aliphatic hydroxyl groups is 1. The van der Waals surface area contributed by atoms with Gasteiger partial charge in [0, 0.05) is 0 Å². The number of aliphatic hydroxyl groups excluding tert-OH is 1. The zero-order valence-electron chi connectivity index (χ0n) is 11.7. The van der Waals surface area contributed by atoms with Crippen LogP contribution in [0.5, 0.6) is 5.75 Å². The van der Waals surface area contributed by atoms with Gasteiger partial charge in [0.15, 0.2) is 0 Å². The van der Waals surface area contributed by atoms with Crippen molar-refractivity contribution in [2.75, 3.05) is 6.54 Å². The summed E-state index contributed by atoms with van der Waals surface area (Å²) in [6, 6.07) is 4.69.